The number of nitrogens with one attached hydrogen (secondary N) is 1. The van der Waals surface area contributed by atoms with Crippen molar-refractivity contribution in [3.63, 3.8) is 0 Å². The predicted molar refractivity (Wildman–Crippen MR) is 122 cm³/mol. The molecule has 2 aromatic carbocycles. The zero-order chi connectivity index (χ0) is 19.5. The molecule has 3 nitrogen and oxygen atoms in total. The summed E-state index contributed by atoms with van der Waals surface area (Å²) in [6, 6.07) is 22.4. The van der Waals surface area contributed by atoms with Crippen LogP contribution in [0.3, 0.4) is 0 Å². The monoisotopic (exact) mass is 414 g/mol. The number of pyridine rings is 1. The third-order valence-electron chi connectivity index (χ3n) is 5.22. The van der Waals surface area contributed by atoms with Crippen molar-refractivity contribution in [3.05, 3.63) is 77.5 Å². The highest BCUT2D eigenvalue weighted by atomic mass is 35.5. The Balaban J connectivity index is 1.74. The second-order valence-electron chi connectivity index (χ2n) is 7.13. The van der Waals surface area contributed by atoms with Crippen molar-refractivity contribution in [1.29, 1.82) is 0 Å². The van der Waals surface area contributed by atoms with Crippen molar-refractivity contribution >= 4 is 54.3 Å². The van der Waals surface area contributed by atoms with Crippen LogP contribution in [0.4, 0.5) is 0 Å². The Kier molecular flexibility index (Phi) is 3.60. The molecule has 0 saturated carbocycles. The summed E-state index contributed by atoms with van der Waals surface area (Å²) in [5.74, 6) is 1.74. The van der Waals surface area contributed by atoms with Crippen LogP contribution in [0.1, 0.15) is 5.76 Å². The molecule has 5 heteroatoms. The third-order valence-corrected chi connectivity index (χ3v) is 6.58. The van der Waals surface area contributed by atoms with Crippen LogP contribution in [0.25, 0.3) is 53.9 Å². The number of aromatic nitrogens is 2. The molecule has 0 spiro atoms. The van der Waals surface area contributed by atoms with Gasteiger partial charge in [0.15, 0.2) is 0 Å². The topological polar surface area (TPSA) is 41.8 Å². The highest BCUT2D eigenvalue weighted by Crippen LogP contribution is 2.44. The molecular formula is C24H15ClN2OS. The van der Waals surface area contributed by atoms with Gasteiger partial charge in [0.2, 0.25) is 0 Å². The number of rotatable bonds is 2. The van der Waals surface area contributed by atoms with E-state index in [1.165, 1.54) is 4.70 Å². The minimum Gasteiger partial charge on any atom is -0.461 e. The van der Waals surface area contributed by atoms with Gasteiger partial charge in [0.05, 0.1) is 15.9 Å². The number of fused-ring (bicyclic) bond motifs is 5. The van der Waals surface area contributed by atoms with E-state index in [-0.39, 0.29) is 0 Å². The lowest BCUT2D eigenvalue weighted by atomic mass is 10.0. The van der Waals surface area contributed by atoms with E-state index in [1.54, 1.807) is 11.3 Å². The smallest absolute Gasteiger partial charge is 0.135 e. The summed E-state index contributed by atoms with van der Waals surface area (Å²) in [6.07, 6.45) is 0. The molecule has 0 fully saturated rings. The van der Waals surface area contributed by atoms with Crippen molar-refractivity contribution in [2.75, 3.05) is 0 Å². The number of aromatic amines is 1. The maximum atomic E-state index is 6.21. The molecule has 0 amide bonds. The summed E-state index contributed by atoms with van der Waals surface area (Å²) in [7, 11) is 0. The Hall–Kier alpha value is -3.08. The van der Waals surface area contributed by atoms with E-state index >= 15 is 0 Å². The quantitative estimate of drug-likeness (QED) is 0.313. The van der Waals surface area contributed by atoms with E-state index < -0.39 is 0 Å². The average molecular weight is 415 g/mol. The van der Waals surface area contributed by atoms with Crippen molar-refractivity contribution < 1.29 is 4.42 Å². The van der Waals surface area contributed by atoms with Gasteiger partial charge in [-0.1, -0.05) is 41.9 Å². The van der Waals surface area contributed by atoms with Crippen molar-refractivity contribution in [3.8, 4) is 22.6 Å². The van der Waals surface area contributed by atoms with E-state index in [0.29, 0.717) is 0 Å². The SMILES string of the molecule is Cc1ccc(-c2cc(-c3ccccc3)nc3sc4c5ccc(Cl)cc5[nH]c4c23)o1. The van der Waals surface area contributed by atoms with Gasteiger partial charge >= 0.3 is 0 Å². The van der Waals surface area contributed by atoms with Crippen molar-refractivity contribution in [2.24, 2.45) is 0 Å². The first-order valence-corrected chi connectivity index (χ1v) is 10.5. The summed E-state index contributed by atoms with van der Waals surface area (Å²) in [5, 5.41) is 2.98. The molecule has 4 aromatic heterocycles. The molecular weight excluding hydrogens is 400 g/mol. The maximum absolute atomic E-state index is 6.21. The number of benzene rings is 2. The summed E-state index contributed by atoms with van der Waals surface area (Å²) < 4.78 is 7.21. The van der Waals surface area contributed by atoms with E-state index in [1.807, 2.05) is 49.4 Å². The molecule has 6 rings (SSSR count). The molecule has 0 bridgehead atoms. The van der Waals surface area contributed by atoms with Crippen LogP contribution in [0.2, 0.25) is 5.02 Å². The lowest BCUT2D eigenvalue weighted by Crippen LogP contribution is -1.87. The Morgan fingerprint density at radius 3 is 2.66 bits per heavy atom. The zero-order valence-electron chi connectivity index (χ0n) is 15.5. The number of aryl methyl sites for hydroxylation is 1. The van der Waals surface area contributed by atoms with E-state index in [0.717, 1.165) is 60.0 Å². The van der Waals surface area contributed by atoms with Gasteiger partial charge in [0.1, 0.15) is 16.4 Å². The van der Waals surface area contributed by atoms with E-state index in [4.69, 9.17) is 21.0 Å². The predicted octanol–water partition coefficient (Wildman–Crippen LogP) is 7.82. The first-order chi connectivity index (χ1) is 14.2. The standard InChI is InChI=1S/C24H15ClN2OS/c1-13-7-10-20(28-13)17-12-18(14-5-3-2-4-6-14)27-24-21(17)22-23(29-24)16-9-8-15(25)11-19(16)26-22/h2-12,26H,1H3. The van der Waals surface area contributed by atoms with Gasteiger partial charge in [-0.05, 0) is 43.3 Å². The number of hydrogen-bond acceptors (Lipinski definition) is 3. The van der Waals surface area contributed by atoms with Gasteiger partial charge in [-0.25, -0.2) is 4.98 Å². The van der Waals surface area contributed by atoms with Crippen LogP contribution in [0, 0.1) is 6.92 Å². The summed E-state index contributed by atoms with van der Waals surface area (Å²) in [5.41, 5.74) is 5.20. The van der Waals surface area contributed by atoms with Gasteiger partial charge in [-0.2, -0.15) is 0 Å². The molecule has 0 unspecified atom stereocenters. The molecule has 0 radical (unpaired) electrons. The van der Waals surface area contributed by atoms with Gasteiger partial charge in [-0.15, -0.1) is 11.3 Å². The highest BCUT2D eigenvalue weighted by Gasteiger charge is 2.19. The Bertz CT molecular complexity index is 1520. The second kappa shape index (κ2) is 6.21. The van der Waals surface area contributed by atoms with Gasteiger partial charge in [0.25, 0.3) is 0 Å². The van der Waals surface area contributed by atoms with Crippen molar-refractivity contribution in [1.82, 2.24) is 9.97 Å². The molecule has 0 saturated heterocycles. The normalized spacial score (nSPS) is 11.8. The summed E-state index contributed by atoms with van der Waals surface area (Å²) in [4.78, 5) is 9.56. The molecule has 0 atom stereocenters. The first-order valence-electron chi connectivity index (χ1n) is 9.34. The second-order valence-corrected chi connectivity index (χ2v) is 8.57. The van der Waals surface area contributed by atoms with Crippen LogP contribution in [0.15, 0.2) is 71.1 Å². The highest BCUT2D eigenvalue weighted by molar-refractivity contribution is 7.26. The van der Waals surface area contributed by atoms with Gasteiger partial charge in [-0.3, -0.25) is 0 Å². The van der Waals surface area contributed by atoms with Crippen LogP contribution in [-0.4, -0.2) is 9.97 Å². The van der Waals surface area contributed by atoms with Crippen LogP contribution in [-0.2, 0) is 0 Å². The first kappa shape index (κ1) is 16.8. The van der Waals surface area contributed by atoms with Gasteiger partial charge < -0.3 is 9.40 Å². The third kappa shape index (κ3) is 2.60. The van der Waals surface area contributed by atoms with Crippen LogP contribution < -0.4 is 0 Å². The number of H-pyrrole nitrogens is 1. The lowest BCUT2D eigenvalue weighted by Gasteiger charge is -2.06. The number of nitrogens with zero attached hydrogens (tertiary/aromatic N) is 1. The minimum absolute atomic E-state index is 0.724. The molecule has 0 aliphatic carbocycles. The van der Waals surface area contributed by atoms with E-state index in [2.05, 4.69) is 29.2 Å². The number of thiophene rings is 1. The molecule has 4 heterocycles. The maximum Gasteiger partial charge on any atom is 0.135 e. The summed E-state index contributed by atoms with van der Waals surface area (Å²) >= 11 is 7.91. The lowest BCUT2D eigenvalue weighted by molar-refractivity contribution is 0.549. The molecule has 6 aromatic rings. The fraction of sp³-hybridized carbons (Fsp3) is 0.0417. The average Bonchev–Trinajstić information content (AvgIpc) is 3.41. The van der Waals surface area contributed by atoms with Gasteiger partial charge in [0, 0.05) is 32.4 Å². The molecule has 0 aliphatic rings. The minimum atomic E-state index is 0.724. The molecule has 0 aliphatic heterocycles. The largest absolute Gasteiger partial charge is 0.461 e. The summed E-state index contributed by atoms with van der Waals surface area (Å²) in [6.45, 7) is 1.97. The van der Waals surface area contributed by atoms with Crippen molar-refractivity contribution in [2.45, 2.75) is 6.92 Å². The number of halogens is 1. The molecule has 1 N–H and O–H groups in total. The van der Waals surface area contributed by atoms with Crippen LogP contribution in [0.5, 0.6) is 0 Å². The zero-order valence-corrected chi connectivity index (χ0v) is 17.1. The Labute approximate surface area is 175 Å². The molecule has 140 valence electrons. The Morgan fingerprint density at radius 2 is 1.86 bits per heavy atom. The molecule has 29 heavy (non-hydrogen) atoms. The number of hydrogen-bond donors (Lipinski definition) is 1. The van der Waals surface area contributed by atoms with E-state index in [9.17, 15) is 0 Å². The van der Waals surface area contributed by atoms with Crippen LogP contribution >= 0.6 is 22.9 Å². The number of furan rings is 1. The fourth-order valence-corrected chi connectivity index (χ4v) is 5.26. The Morgan fingerprint density at radius 1 is 1.00 bits per heavy atom. The fourth-order valence-electron chi connectivity index (χ4n) is 3.89.